The summed E-state index contributed by atoms with van der Waals surface area (Å²) in [5.74, 6) is 0.658. The molecule has 5 nitrogen and oxygen atoms in total. The van der Waals surface area contributed by atoms with Crippen molar-refractivity contribution in [3.8, 4) is 0 Å². The number of hydrogen-bond donors (Lipinski definition) is 1. The molecular weight excluding hydrogens is 344 g/mol. The normalized spacial score (nSPS) is 19.0. The second-order valence-corrected chi connectivity index (χ2v) is 5.75. The molecule has 0 aliphatic carbocycles. The lowest BCUT2D eigenvalue weighted by molar-refractivity contribution is -0.0383. The van der Waals surface area contributed by atoms with Gasteiger partial charge in [0.05, 0.1) is 0 Å². The summed E-state index contributed by atoms with van der Waals surface area (Å²) in [5.41, 5.74) is 0.909. The van der Waals surface area contributed by atoms with Crippen molar-refractivity contribution >= 4 is 39.2 Å². The molecule has 0 radical (unpaired) electrons. The van der Waals surface area contributed by atoms with Crippen LogP contribution in [0.2, 0.25) is 5.02 Å². The molecule has 0 saturated carbocycles. The van der Waals surface area contributed by atoms with Crippen LogP contribution in [-0.4, -0.2) is 21.4 Å². The maximum absolute atomic E-state index is 5.88. The van der Waals surface area contributed by atoms with Gasteiger partial charge in [-0.2, -0.15) is 4.98 Å². The Balaban J connectivity index is 1.83. The summed E-state index contributed by atoms with van der Waals surface area (Å²) in [6.45, 7) is 0.766. The minimum atomic E-state index is -0.0580. The van der Waals surface area contributed by atoms with Crippen molar-refractivity contribution in [2.24, 2.45) is 0 Å². The van der Waals surface area contributed by atoms with Crippen molar-refractivity contribution in [3.63, 3.8) is 0 Å². The highest BCUT2D eigenvalue weighted by Gasteiger charge is 2.21. The molecule has 1 atom stereocenters. The predicted octanol–water partition coefficient (Wildman–Crippen LogP) is 4.14. The van der Waals surface area contributed by atoms with Crippen LogP contribution in [0.3, 0.4) is 0 Å². The Morgan fingerprint density at radius 2 is 2.10 bits per heavy atom. The van der Waals surface area contributed by atoms with Gasteiger partial charge in [-0.05, 0) is 59.5 Å². The molecule has 1 saturated heterocycles. The van der Waals surface area contributed by atoms with E-state index in [1.165, 1.54) is 0 Å². The Morgan fingerprint density at radius 3 is 2.80 bits per heavy atom. The van der Waals surface area contributed by atoms with Crippen LogP contribution >= 0.6 is 27.5 Å². The monoisotopic (exact) mass is 356 g/mol. The Labute approximate surface area is 130 Å². The number of hydrogen-bond acceptors (Lipinski definition) is 4. The van der Waals surface area contributed by atoms with E-state index in [1.807, 2.05) is 24.3 Å². The molecule has 1 unspecified atom stereocenters. The minimum Gasteiger partial charge on any atom is -0.356 e. The lowest BCUT2D eigenvalue weighted by atomic mass is 10.2. The average Bonchev–Trinajstić information content (AvgIpc) is 2.83. The maximum Gasteiger partial charge on any atom is 0.229 e. The highest BCUT2D eigenvalue weighted by Crippen LogP contribution is 2.27. The predicted molar refractivity (Wildman–Crippen MR) is 81.3 cm³/mol. The summed E-state index contributed by atoms with van der Waals surface area (Å²) in [4.78, 5) is 4.35. The summed E-state index contributed by atoms with van der Waals surface area (Å²) >= 11 is 9.20. The molecule has 7 heteroatoms. The Bertz CT molecular complexity index is 581. The lowest BCUT2D eigenvalue weighted by Gasteiger charge is -2.23. The number of benzene rings is 1. The highest BCUT2D eigenvalue weighted by molar-refractivity contribution is 9.10. The standard InChI is InChI=1S/C13H14BrClN4O/c14-12-17-13(16-10-6-4-9(15)5-7-10)19(18-12)11-3-1-2-8-20-11/h4-7,11H,1-3,8H2,(H,16,17,18). The van der Waals surface area contributed by atoms with E-state index in [9.17, 15) is 0 Å². The van der Waals surface area contributed by atoms with Crippen molar-refractivity contribution in [3.05, 3.63) is 34.0 Å². The number of nitrogens with zero attached hydrogens (tertiary/aromatic N) is 3. The topological polar surface area (TPSA) is 52.0 Å². The van der Waals surface area contributed by atoms with E-state index >= 15 is 0 Å². The number of anilines is 2. The third kappa shape index (κ3) is 3.13. The first-order chi connectivity index (χ1) is 9.72. The summed E-state index contributed by atoms with van der Waals surface area (Å²) < 4.78 is 8.09. The van der Waals surface area contributed by atoms with Gasteiger partial charge in [0, 0.05) is 17.3 Å². The zero-order valence-corrected chi connectivity index (χ0v) is 13.1. The summed E-state index contributed by atoms with van der Waals surface area (Å²) in [6, 6.07) is 7.46. The van der Waals surface area contributed by atoms with Crippen LogP contribution in [0.15, 0.2) is 29.0 Å². The fourth-order valence-corrected chi connectivity index (χ4v) is 2.63. The number of halogens is 2. The fraction of sp³-hybridized carbons (Fsp3) is 0.385. The van der Waals surface area contributed by atoms with Gasteiger partial charge in [0.25, 0.3) is 0 Å². The molecule has 0 spiro atoms. The maximum atomic E-state index is 5.88. The number of ether oxygens (including phenoxy) is 1. The SMILES string of the molecule is Clc1ccc(Nc2nc(Br)nn2C2CCCCO2)cc1. The highest BCUT2D eigenvalue weighted by atomic mass is 79.9. The summed E-state index contributed by atoms with van der Waals surface area (Å²) in [5, 5.41) is 8.30. The van der Waals surface area contributed by atoms with Crippen LogP contribution in [0, 0.1) is 0 Å². The Morgan fingerprint density at radius 1 is 1.30 bits per heavy atom. The first-order valence-corrected chi connectivity index (χ1v) is 7.66. The number of nitrogens with one attached hydrogen (secondary N) is 1. The molecule has 20 heavy (non-hydrogen) atoms. The third-order valence-electron chi connectivity index (χ3n) is 3.13. The molecule has 1 N–H and O–H groups in total. The van der Waals surface area contributed by atoms with Gasteiger partial charge < -0.3 is 10.1 Å². The van der Waals surface area contributed by atoms with Gasteiger partial charge in [-0.15, -0.1) is 5.10 Å². The van der Waals surface area contributed by atoms with E-state index in [0.29, 0.717) is 15.7 Å². The molecule has 1 aromatic carbocycles. The van der Waals surface area contributed by atoms with Gasteiger partial charge in [0.1, 0.15) is 0 Å². The van der Waals surface area contributed by atoms with Gasteiger partial charge in [0.15, 0.2) is 6.23 Å². The second kappa shape index (κ2) is 6.11. The van der Waals surface area contributed by atoms with E-state index in [2.05, 4.69) is 31.3 Å². The molecule has 0 bridgehead atoms. The molecule has 2 heterocycles. The van der Waals surface area contributed by atoms with E-state index in [-0.39, 0.29) is 6.23 Å². The number of aromatic nitrogens is 3. The lowest BCUT2D eigenvalue weighted by Crippen LogP contribution is -2.20. The Kier molecular flexibility index (Phi) is 4.24. The molecule has 0 amide bonds. The quantitative estimate of drug-likeness (QED) is 0.897. The van der Waals surface area contributed by atoms with Crippen molar-refractivity contribution in [1.29, 1.82) is 0 Å². The average molecular weight is 358 g/mol. The molecule has 1 aliphatic heterocycles. The number of rotatable bonds is 3. The molecule has 1 aromatic heterocycles. The van der Waals surface area contributed by atoms with E-state index < -0.39 is 0 Å². The Hall–Kier alpha value is -1.11. The van der Waals surface area contributed by atoms with Crippen LogP contribution in [0.25, 0.3) is 0 Å². The van der Waals surface area contributed by atoms with Crippen LogP contribution < -0.4 is 5.32 Å². The summed E-state index contributed by atoms with van der Waals surface area (Å²) in [6.07, 6.45) is 3.14. The molecule has 1 fully saturated rings. The van der Waals surface area contributed by atoms with Crippen molar-refractivity contribution in [2.45, 2.75) is 25.5 Å². The van der Waals surface area contributed by atoms with Crippen LogP contribution in [0.1, 0.15) is 25.5 Å². The summed E-state index contributed by atoms with van der Waals surface area (Å²) in [7, 11) is 0. The van der Waals surface area contributed by atoms with Gasteiger partial charge in [-0.1, -0.05) is 11.6 Å². The van der Waals surface area contributed by atoms with Gasteiger partial charge in [-0.25, -0.2) is 4.68 Å². The van der Waals surface area contributed by atoms with E-state index in [0.717, 1.165) is 31.6 Å². The van der Waals surface area contributed by atoms with Crippen molar-refractivity contribution in [1.82, 2.24) is 14.8 Å². The molecule has 2 aromatic rings. The minimum absolute atomic E-state index is 0.0580. The van der Waals surface area contributed by atoms with Crippen LogP contribution in [0.4, 0.5) is 11.6 Å². The smallest absolute Gasteiger partial charge is 0.229 e. The second-order valence-electron chi connectivity index (χ2n) is 4.60. The molecule has 3 rings (SSSR count). The van der Waals surface area contributed by atoms with Gasteiger partial charge >= 0.3 is 0 Å². The van der Waals surface area contributed by atoms with Crippen LogP contribution in [-0.2, 0) is 4.74 Å². The first-order valence-electron chi connectivity index (χ1n) is 6.48. The largest absolute Gasteiger partial charge is 0.356 e. The first kappa shape index (κ1) is 13.9. The zero-order chi connectivity index (χ0) is 13.9. The van der Waals surface area contributed by atoms with Crippen molar-refractivity contribution in [2.75, 3.05) is 11.9 Å². The van der Waals surface area contributed by atoms with Crippen molar-refractivity contribution < 1.29 is 4.74 Å². The third-order valence-corrected chi connectivity index (χ3v) is 3.72. The van der Waals surface area contributed by atoms with Gasteiger partial charge in [0.2, 0.25) is 10.7 Å². The molecular formula is C13H14BrClN4O. The van der Waals surface area contributed by atoms with Gasteiger partial charge in [-0.3, -0.25) is 0 Å². The van der Waals surface area contributed by atoms with Crippen LogP contribution in [0.5, 0.6) is 0 Å². The zero-order valence-electron chi connectivity index (χ0n) is 10.7. The molecule has 1 aliphatic rings. The fourth-order valence-electron chi connectivity index (χ4n) is 2.16. The van der Waals surface area contributed by atoms with E-state index in [4.69, 9.17) is 16.3 Å². The van der Waals surface area contributed by atoms with E-state index in [1.54, 1.807) is 4.68 Å². The molecule has 106 valence electrons.